The van der Waals surface area contributed by atoms with E-state index >= 15 is 0 Å². The van der Waals surface area contributed by atoms with Crippen LogP contribution in [0.5, 0.6) is 0 Å². The van der Waals surface area contributed by atoms with Crippen molar-refractivity contribution in [2.75, 3.05) is 0 Å². The van der Waals surface area contributed by atoms with Crippen LogP contribution in [0.25, 0.3) is 0 Å². The van der Waals surface area contributed by atoms with E-state index in [4.69, 9.17) is 0 Å². The van der Waals surface area contributed by atoms with E-state index in [-0.39, 0.29) is 21.2 Å². The van der Waals surface area contributed by atoms with Crippen molar-refractivity contribution >= 4 is 3.79 Å². The fraction of sp³-hybridized carbons (Fsp3) is 0.125. The van der Waals surface area contributed by atoms with E-state index in [0.29, 0.717) is 3.79 Å². The number of halogens is 1. The van der Waals surface area contributed by atoms with Gasteiger partial charge in [-0.15, -0.1) is 0 Å². The SMILES string of the molecule is CC(=O)[I-]c1ccccc1. The molecule has 0 bridgehead atoms. The first kappa shape index (κ1) is 7.72. The molecule has 0 fully saturated rings. The van der Waals surface area contributed by atoms with E-state index in [1.54, 1.807) is 6.92 Å². The Morgan fingerprint density at radius 2 is 1.90 bits per heavy atom. The Labute approximate surface area is 70.7 Å². The van der Waals surface area contributed by atoms with Crippen LogP contribution in [0.2, 0.25) is 0 Å². The van der Waals surface area contributed by atoms with Crippen molar-refractivity contribution in [3.8, 4) is 0 Å². The van der Waals surface area contributed by atoms with E-state index in [0.717, 1.165) is 0 Å². The predicted molar refractivity (Wildman–Crippen MR) is 35.8 cm³/mol. The quantitative estimate of drug-likeness (QED) is 0.459. The molecule has 0 atom stereocenters. The molecular formula is C8H8IO-. The van der Waals surface area contributed by atoms with Gasteiger partial charge < -0.3 is 0 Å². The van der Waals surface area contributed by atoms with E-state index < -0.39 is 0 Å². The monoisotopic (exact) mass is 247 g/mol. The maximum atomic E-state index is 10.7. The molecule has 0 amide bonds. The third-order valence-corrected chi connectivity index (χ3v) is 3.08. The number of hydrogen-bond acceptors (Lipinski definition) is 1. The van der Waals surface area contributed by atoms with Gasteiger partial charge in [-0.3, -0.25) is 0 Å². The van der Waals surface area contributed by atoms with Crippen LogP contribution in [0, 0.1) is 3.57 Å². The van der Waals surface area contributed by atoms with Gasteiger partial charge in [-0.25, -0.2) is 0 Å². The summed E-state index contributed by atoms with van der Waals surface area (Å²) in [5, 5.41) is 0. The molecule has 1 rings (SSSR count). The van der Waals surface area contributed by atoms with E-state index in [1.165, 1.54) is 3.57 Å². The number of hydrogen-bond donors (Lipinski definition) is 0. The molecule has 0 aliphatic rings. The minimum absolute atomic E-state index is 0.324. The molecule has 1 aromatic carbocycles. The molecule has 10 heavy (non-hydrogen) atoms. The predicted octanol–water partition coefficient (Wildman–Crippen LogP) is -1.51. The van der Waals surface area contributed by atoms with Gasteiger partial charge in [-0.1, -0.05) is 0 Å². The zero-order valence-corrected chi connectivity index (χ0v) is 7.83. The zero-order valence-electron chi connectivity index (χ0n) is 5.67. The topological polar surface area (TPSA) is 17.1 Å². The Morgan fingerprint density at radius 1 is 1.30 bits per heavy atom. The average molecular weight is 247 g/mol. The molecule has 0 aliphatic carbocycles. The van der Waals surface area contributed by atoms with Crippen molar-refractivity contribution in [2.45, 2.75) is 6.92 Å². The Bertz CT molecular complexity index is 218. The molecular weight excluding hydrogens is 239 g/mol. The van der Waals surface area contributed by atoms with E-state index in [9.17, 15) is 4.79 Å². The number of benzene rings is 1. The first-order chi connectivity index (χ1) is 4.79. The summed E-state index contributed by atoms with van der Waals surface area (Å²) >= 11 is -0.372. The van der Waals surface area contributed by atoms with Gasteiger partial charge in [-0.2, -0.15) is 0 Å². The number of rotatable bonds is 2. The van der Waals surface area contributed by atoms with Crippen LogP contribution in [0.15, 0.2) is 30.3 Å². The van der Waals surface area contributed by atoms with Crippen LogP contribution >= 0.6 is 0 Å². The number of carbonyl (C=O) groups excluding carboxylic acids is 1. The third kappa shape index (κ3) is 2.47. The van der Waals surface area contributed by atoms with Gasteiger partial charge in [0.25, 0.3) is 0 Å². The van der Waals surface area contributed by atoms with Crippen molar-refractivity contribution in [1.29, 1.82) is 0 Å². The van der Waals surface area contributed by atoms with Crippen molar-refractivity contribution < 1.29 is 26.0 Å². The minimum atomic E-state index is -0.372. The Morgan fingerprint density at radius 3 is 2.40 bits per heavy atom. The van der Waals surface area contributed by atoms with E-state index in [1.807, 2.05) is 30.3 Å². The maximum absolute atomic E-state index is 10.7. The second kappa shape index (κ2) is 3.71. The van der Waals surface area contributed by atoms with Gasteiger partial charge in [0.15, 0.2) is 0 Å². The van der Waals surface area contributed by atoms with Gasteiger partial charge in [0, 0.05) is 0 Å². The Hall–Kier alpha value is -0.380. The fourth-order valence-corrected chi connectivity index (χ4v) is 2.28. The van der Waals surface area contributed by atoms with Crippen molar-refractivity contribution in [3.05, 3.63) is 33.9 Å². The molecule has 54 valence electrons. The number of carbonyl (C=O) groups is 1. The summed E-state index contributed by atoms with van der Waals surface area (Å²) in [5.74, 6) is 0. The van der Waals surface area contributed by atoms with Gasteiger partial charge in [0.2, 0.25) is 0 Å². The first-order valence-electron chi connectivity index (χ1n) is 2.99. The van der Waals surface area contributed by atoms with Gasteiger partial charge in [-0.05, 0) is 0 Å². The summed E-state index contributed by atoms with van der Waals surface area (Å²) in [6, 6.07) is 9.92. The molecule has 0 heterocycles. The summed E-state index contributed by atoms with van der Waals surface area (Å²) in [6.07, 6.45) is 0. The average Bonchev–Trinajstić information content (AvgIpc) is 1.88. The van der Waals surface area contributed by atoms with Crippen molar-refractivity contribution in [1.82, 2.24) is 0 Å². The summed E-state index contributed by atoms with van der Waals surface area (Å²) < 4.78 is 1.53. The summed E-state index contributed by atoms with van der Waals surface area (Å²) in [7, 11) is 0. The first-order valence-corrected chi connectivity index (χ1v) is 5.15. The van der Waals surface area contributed by atoms with Crippen LogP contribution < -0.4 is 21.2 Å². The van der Waals surface area contributed by atoms with Crippen LogP contribution in [0.4, 0.5) is 0 Å². The molecule has 0 aliphatic heterocycles. The standard InChI is InChI=1S/C8H8IO/c1-7(10)9-8-5-3-2-4-6-8/h2-6H,1H3/q-1. The van der Waals surface area contributed by atoms with Crippen molar-refractivity contribution in [2.24, 2.45) is 0 Å². The molecule has 0 spiro atoms. The molecule has 0 aromatic heterocycles. The zero-order chi connectivity index (χ0) is 7.40. The third-order valence-electron chi connectivity index (χ3n) is 0.975. The van der Waals surface area contributed by atoms with Gasteiger partial charge in [0.05, 0.1) is 0 Å². The molecule has 0 unspecified atom stereocenters. The van der Waals surface area contributed by atoms with Crippen LogP contribution in [-0.2, 0) is 4.79 Å². The summed E-state index contributed by atoms with van der Waals surface area (Å²) in [5.41, 5.74) is 0. The van der Waals surface area contributed by atoms with Crippen LogP contribution in [-0.4, -0.2) is 3.79 Å². The molecule has 2 heteroatoms. The van der Waals surface area contributed by atoms with E-state index in [2.05, 4.69) is 0 Å². The molecule has 0 saturated carbocycles. The Kier molecular flexibility index (Phi) is 2.86. The summed E-state index contributed by atoms with van der Waals surface area (Å²) in [4.78, 5) is 10.7. The molecule has 1 nitrogen and oxygen atoms in total. The normalized spacial score (nSPS) is 9.70. The summed E-state index contributed by atoms with van der Waals surface area (Å²) in [6.45, 7) is 1.65. The van der Waals surface area contributed by atoms with Crippen LogP contribution in [0.1, 0.15) is 6.92 Å². The molecule has 0 saturated heterocycles. The van der Waals surface area contributed by atoms with Crippen molar-refractivity contribution in [3.63, 3.8) is 0 Å². The fourth-order valence-electron chi connectivity index (χ4n) is 0.631. The van der Waals surface area contributed by atoms with Gasteiger partial charge in [0.1, 0.15) is 0 Å². The molecule has 0 N–H and O–H groups in total. The molecule has 1 aromatic rings. The second-order valence-electron chi connectivity index (χ2n) is 1.86. The van der Waals surface area contributed by atoms with Gasteiger partial charge >= 0.3 is 70.6 Å². The second-order valence-corrected chi connectivity index (χ2v) is 5.16. The molecule has 0 radical (unpaired) electrons. The Balaban J connectivity index is 2.67. The van der Waals surface area contributed by atoms with Crippen LogP contribution in [0.3, 0.4) is 0 Å².